The van der Waals surface area contributed by atoms with Crippen LogP contribution < -0.4 is 16.0 Å². The van der Waals surface area contributed by atoms with Crippen LogP contribution in [0.5, 0.6) is 5.75 Å². The van der Waals surface area contributed by atoms with Gasteiger partial charge in [-0.2, -0.15) is 0 Å². The number of hydrogen-bond acceptors (Lipinski definition) is 4. The molecular weight excluding hydrogens is 348 g/mol. The molecule has 1 heterocycles. The first-order valence-electron chi connectivity index (χ1n) is 5.67. The molecule has 0 fully saturated rings. The van der Waals surface area contributed by atoms with Gasteiger partial charge in [0.1, 0.15) is 5.75 Å². The Bertz CT molecular complexity index is 561. The average Bonchev–Trinajstić information content (AvgIpc) is 2.82. The lowest BCUT2D eigenvalue weighted by Crippen LogP contribution is -2.29. The minimum atomic E-state index is 0.0155. The molecule has 3 N–H and O–H groups in total. The molecule has 1 aromatic carbocycles. The smallest absolute Gasteiger partial charge is 0.122 e. The fourth-order valence-corrected chi connectivity index (χ4v) is 3.81. The Morgan fingerprint density at radius 2 is 2.26 bits per heavy atom. The minimum absolute atomic E-state index is 0.0155. The van der Waals surface area contributed by atoms with Gasteiger partial charge in [0.2, 0.25) is 0 Å². The molecule has 0 radical (unpaired) electrons. The van der Waals surface area contributed by atoms with Crippen molar-refractivity contribution in [1.82, 2.24) is 5.43 Å². The number of methoxy groups -OCH3 is 1. The van der Waals surface area contributed by atoms with Crippen LogP contribution in [0.15, 0.2) is 34.1 Å². The second kappa shape index (κ2) is 6.72. The van der Waals surface area contributed by atoms with Crippen LogP contribution in [0.1, 0.15) is 16.5 Å². The zero-order valence-corrected chi connectivity index (χ0v) is 13.5. The van der Waals surface area contributed by atoms with Gasteiger partial charge in [0.15, 0.2) is 0 Å². The Balaban J connectivity index is 2.28. The molecule has 1 atom stereocenters. The quantitative estimate of drug-likeness (QED) is 0.627. The maximum atomic E-state index is 6.04. The molecule has 2 rings (SSSR count). The summed E-state index contributed by atoms with van der Waals surface area (Å²) in [5.41, 5.74) is 3.87. The number of thiophene rings is 1. The number of rotatable bonds is 5. The van der Waals surface area contributed by atoms with E-state index in [0.29, 0.717) is 11.4 Å². The van der Waals surface area contributed by atoms with Crippen molar-refractivity contribution in [2.24, 2.45) is 5.84 Å². The first-order valence-corrected chi connectivity index (χ1v) is 7.72. The lowest BCUT2D eigenvalue weighted by atomic mass is 10.0. The molecule has 0 saturated carbocycles. The van der Waals surface area contributed by atoms with Crippen molar-refractivity contribution in [3.8, 4) is 5.75 Å². The summed E-state index contributed by atoms with van der Waals surface area (Å²) in [6.07, 6.45) is 0.708. The van der Waals surface area contributed by atoms with E-state index >= 15 is 0 Å². The maximum Gasteiger partial charge on any atom is 0.122 e. The molecule has 102 valence electrons. The van der Waals surface area contributed by atoms with Crippen LogP contribution >= 0.6 is 38.9 Å². The highest BCUT2D eigenvalue weighted by Gasteiger charge is 2.17. The van der Waals surface area contributed by atoms with Gasteiger partial charge in [-0.3, -0.25) is 11.3 Å². The summed E-state index contributed by atoms with van der Waals surface area (Å²) in [4.78, 5) is 1.16. The van der Waals surface area contributed by atoms with E-state index in [4.69, 9.17) is 22.2 Å². The first kappa shape index (κ1) is 14.8. The molecule has 0 saturated heterocycles. The summed E-state index contributed by atoms with van der Waals surface area (Å²) in [7, 11) is 1.65. The molecule has 1 aromatic heterocycles. The zero-order chi connectivity index (χ0) is 13.8. The van der Waals surface area contributed by atoms with Crippen molar-refractivity contribution >= 4 is 38.9 Å². The Morgan fingerprint density at radius 1 is 1.47 bits per heavy atom. The topological polar surface area (TPSA) is 47.3 Å². The molecule has 0 bridgehead atoms. The summed E-state index contributed by atoms with van der Waals surface area (Å²) in [6.45, 7) is 0. The van der Waals surface area contributed by atoms with Gasteiger partial charge in [-0.1, -0.05) is 11.6 Å². The number of benzene rings is 1. The van der Waals surface area contributed by atoms with Crippen molar-refractivity contribution in [2.75, 3.05) is 7.11 Å². The fraction of sp³-hybridized carbons (Fsp3) is 0.231. The molecule has 0 amide bonds. The third-order valence-electron chi connectivity index (χ3n) is 2.83. The second-order valence-electron chi connectivity index (χ2n) is 4.01. The highest BCUT2D eigenvalue weighted by molar-refractivity contribution is 9.10. The summed E-state index contributed by atoms with van der Waals surface area (Å²) < 4.78 is 6.41. The second-order valence-corrected chi connectivity index (χ2v) is 6.25. The molecule has 0 aliphatic carbocycles. The number of ether oxygens (including phenoxy) is 1. The maximum absolute atomic E-state index is 6.04. The summed E-state index contributed by atoms with van der Waals surface area (Å²) >= 11 is 11.2. The number of halogens is 2. The van der Waals surface area contributed by atoms with Gasteiger partial charge < -0.3 is 4.74 Å². The SMILES string of the molecule is COc1ccc(Cl)cc1CC(NN)c1sccc1Br. The van der Waals surface area contributed by atoms with Crippen molar-refractivity contribution < 1.29 is 4.74 Å². The standard InChI is InChI=1S/C13H14BrClN2OS/c1-18-12-3-2-9(15)6-8(12)7-11(17-16)13-10(14)4-5-19-13/h2-6,11,17H,7,16H2,1H3. The van der Waals surface area contributed by atoms with Crippen LogP contribution in [0.25, 0.3) is 0 Å². The van der Waals surface area contributed by atoms with Gasteiger partial charge >= 0.3 is 0 Å². The van der Waals surface area contributed by atoms with Gasteiger partial charge in [-0.25, -0.2) is 0 Å². The molecule has 3 nitrogen and oxygen atoms in total. The van der Waals surface area contributed by atoms with Crippen LogP contribution in [-0.2, 0) is 6.42 Å². The Labute approximate surface area is 129 Å². The first-order chi connectivity index (χ1) is 9.15. The minimum Gasteiger partial charge on any atom is -0.496 e. The van der Waals surface area contributed by atoms with Crippen LogP contribution in [0.4, 0.5) is 0 Å². The normalized spacial score (nSPS) is 12.4. The van der Waals surface area contributed by atoms with E-state index in [0.717, 1.165) is 20.7 Å². The molecule has 0 spiro atoms. The van der Waals surface area contributed by atoms with Crippen molar-refractivity contribution in [2.45, 2.75) is 12.5 Å². The third-order valence-corrected chi connectivity index (χ3v) is 5.05. The summed E-state index contributed by atoms with van der Waals surface area (Å²) in [6, 6.07) is 7.62. The molecule has 19 heavy (non-hydrogen) atoms. The van der Waals surface area contributed by atoms with Crippen LogP contribution in [0.2, 0.25) is 5.02 Å². The predicted octanol–water partition coefficient (Wildman–Crippen LogP) is 3.92. The van der Waals surface area contributed by atoms with Gasteiger partial charge in [0, 0.05) is 14.4 Å². The van der Waals surface area contributed by atoms with E-state index in [-0.39, 0.29) is 6.04 Å². The largest absolute Gasteiger partial charge is 0.496 e. The van der Waals surface area contributed by atoms with Gasteiger partial charge in [0.05, 0.1) is 13.2 Å². The number of nitrogens with two attached hydrogens (primary N) is 1. The lowest BCUT2D eigenvalue weighted by molar-refractivity contribution is 0.406. The third kappa shape index (κ3) is 3.49. The Kier molecular flexibility index (Phi) is 5.24. The van der Waals surface area contributed by atoms with E-state index in [9.17, 15) is 0 Å². The fourth-order valence-electron chi connectivity index (χ4n) is 1.91. The van der Waals surface area contributed by atoms with Crippen molar-refractivity contribution in [3.05, 3.63) is 49.6 Å². The molecule has 0 aliphatic heterocycles. The van der Waals surface area contributed by atoms with E-state index in [1.54, 1.807) is 18.4 Å². The highest BCUT2D eigenvalue weighted by atomic mass is 79.9. The lowest BCUT2D eigenvalue weighted by Gasteiger charge is -2.17. The Hall–Kier alpha value is -0.590. The monoisotopic (exact) mass is 360 g/mol. The molecular formula is C13H14BrClN2OS. The van der Waals surface area contributed by atoms with Crippen molar-refractivity contribution in [3.63, 3.8) is 0 Å². The molecule has 0 aliphatic rings. The van der Waals surface area contributed by atoms with E-state index < -0.39 is 0 Å². The van der Waals surface area contributed by atoms with E-state index in [1.807, 2.05) is 29.6 Å². The van der Waals surface area contributed by atoms with Crippen molar-refractivity contribution in [1.29, 1.82) is 0 Å². The van der Waals surface area contributed by atoms with Crippen LogP contribution in [0, 0.1) is 0 Å². The van der Waals surface area contributed by atoms with E-state index in [2.05, 4.69) is 21.4 Å². The molecule has 2 aromatic rings. The van der Waals surface area contributed by atoms with Gasteiger partial charge in [0.25, 0.3) is 0 Å². The Morgan fingerprint density at radius 3 is 2.84 bits per heavy atom. The summed E-state index contributed by atoms with van der Waals surface area (Å²) in [5.74, 6) is 6.49. The van der Waals surface area contributed by atoms with Crippen LogP contribution in [-0.4, -0.2) is 7.11 Å². The zero-order valence-electron chi connectivity index (χ0n) is 10.3. The number of nitrogens with one attached hydrogen (secondary N) is 1. The molecule has 1 unspecified atom stereocenters. The average molecular weight is 362 g/mol. The van der Waals surface area contributed by atoms with Gasteiger partial charge in [-0.05, 0) is 57.6 Å². The molecule has 6 heteroatoms. The summed E-state index contributed by atoms with van der Waals surface area (Å²) in [5, 5.41) is 2.72. The van der Waals surface area contributed by atoms with E-state index in [1.165, 1.54) is 0 Å². The predicted molar refractivity (Wildman–Crippen MR) is 83.8 cm³/mol. The highest BCUT2D eigenvalue weighted by Crippen LogP contribution is 2.33. The van der Waals surface area contributed by atoms with Crippen LogP contribution in [0.3, 0.4) is 0 Å². The van der Waals surface area contributed by atoms with Gasteiger partial charge in [-0.15, -0.1) is 11.3 Å². The number of hydrogen-bond donors (Lipinski definition) is 2. The number of hydrazine groups is 1.